The summed E-state index contributed by atoms with van der Waals surface area (Å²) in [4.78, 5) is 24.5. The van der Waals surface area contributed by atoms with Crippen molar-refractivity contribution in [2.75, 3.05) is 10.6 Å². The number of hydrogen-bond donors (Lipinski definition) is 2. The van der Waals surface area contributed by atoms with Gasteiger partial charge in [-0.25, -0.2) is 0 Å². The van der Waals surface area contributed by atoms with Crippen LogP contribution in [0.4, 0.5) is 11.4 Å². The van der Waals surface area contributed by atoms with Crippen molar-refractivity contribution >= 4 is 39.1 Å². The summed E-state index contributed by atoms with van der Waals surface area (Å²) in [6.45, 7) is 1.96. The Labute approximate surface area is 153 Å². The van der Waals surface area contributed by atoms with Crippen LogP contribution in [-0.2, 0) is 0 Å². The highest BCUT2D eigenvalue weighted by molar-refractivity contribution is 9.10. The summed E-state index contributed by atoms with van der Waals surface area (Å²) in [5, 5.41) is 5.54. The van der Waals surface area contributed by atoms with E-state index in [4.69, 9.17) is 4.42 Å². The van der Waals surface area contributed by atoms with Gasteiger partial charge < -0.3 is 15.1 Å². The molecule has 0 saturated heterocycles. The summed E-state index contributed by atoms with van der Waals surface area (Å²) in [6, 6.07) is 17.5. The van der Waals surface area contributed by atoms with E-state index in [-0.39, 0.29) is 17.6 Å². The Morgan fingerprint density at radius 2 is 1.56 bits per heavy atom. The summed E-state index contributed by atoms with van der Waals surface area (Å²) >= 11 is 3.15. The lowest BCUT2D eigenvalue weighted by Crippen LogP contribution is -2.14. The highest BCUT2D eigenvalue weighted by atomic mass is 79.9. The maximum atomic E-state index is 12.4. The Kier molecular flexibility index (Phi) is 5.00. The van der Waals surface area contributed by atoms with Crippen LogP contribution < -0.4 is 10.6 Å². The molecule has 2 aromatic carbocycles. The van der Waals surface area contributed by atoms with Crippen LogP contribution in [-0.4, -0.2) is 11.8 Å². The minimum absolute atomic E-state index is 0.182. The third kappa shape index (κ3) is 4.36. The second-order valence-corrected chi connectivity index (χ2v) is 6.24. The first-order valence-electron chi connectivity index (χ1n) is 7.56. The molecule has 0 bridgehead atoms. The van der Waals surface area contributed by atoms with Crippen LogP contribution in [0.2, 0.25) is 0 Å². The molecule has 0 saturated carbocycles. The molecule has 2 amide bonds. The van der Waals surface area contributed by atoms with Gasteiger partial charge in [0.2, 0.25) is 0 Å². The normalized spacial score (nSPS) is 10.3. The van der Waals surface area contributed by atoms with E-state index in [9.17, 15) is 9.59 Å². The minimum atomic E-state index is -0.387. The molecule has 0 atom stereocenters. The first-order chi connectivity index (χ1) is 12.0. The van der Waals surface area contributed by atoms with E-state index in [0.29, 0.717) is 15.9 Å². The fourth-order valence-electron chi connectivity index (χ4n) is 2.29. The zero-order valence-corrected chi connectivity index (χ0v) is 15.0. The second kappa shape index (κ2) is 7.36. The van der Waals surface area contributed by atoms with Gasteiger partial charge in [-0.1, -0.05) is 18.2 Å². The lowest BCUT2D eigenvalue weighted by atomic mass is 10.1. The number of benzene rings is 2. The maximum Gasteiger partial charge on any atom is 0.291 e. The van der Waals surface area contributed by atoms with Crippen molar-refractivity contribution in [3.63, 3.8) is 0 Å². The van der Waals surface area contributed by atoms with E-state index < -0.39 is 0 Å². The quantitative estimate of drug-likeness (QED) is 0.659. The monoisotopic (exact) mass is 398 g/mol. The lowest BCUT2D eigenvalue weighted by Gasteiger charge is -2.08. The van der Waals surface area contributed by atoms with Gasteiger partial charge in [-0.2, -0.15) is 0 Å². The smallest absolute Gasteiger partial charge is 0.291 e. The van der Waals surface area contributed by atoms with Crippen molar-refractivity contribution in [2.24, 2.45) is 0 Å². The maximum absolute atomic E-state index is 12.4. The van der Waals surface area contributed by atoms with E-state index >= 15 is 0 Å². The molecule has 5 nitrogen and oxygen atoms in total. The van der Waals surface area contributed by atoms with Crippen molar-refractivity contribution in [2.45, 2.75) is 6.92 Å². The number of hydrogen-bond acceptors (Lipinski definition) is 3. The van der Waals surface area contributed by atoms with Gasteiger partial charge >= 0.3 is 0 Å². The first kappa shape index (κ1) is 17.0. The Balaban J connectivity index is 1.72. The molecular formula is C19H15BrN2O3. The fourth-order valence-corrected chi connectivity index (χ4v) is 2.60. The van der Waals surface area contributed by atoms with Crippen molar-refractivity contribution in [3.05, 3.63) is 82.2 Å². The molecule has 2 N–H and O–H groups in total. The third-order valence-corrected chi connectivity index (χ3v) is 3.88. The van der Waals surface area contributed by atoms with Crippen molar-refractivity contribution in [3.8, 4) is 0 Å². The molecule has 25 heavy (non-hydrogen) atoms. The average Bonchev–Trinajstić information content (AvgIpc) is 3.02. The van der Waals surface area contributed by atoms with Gasteiger partial charge in [-0.05, 0) is 70.9 Å². The topological polar surface area (TPSA) is 71.3 Å². The molecule has 126 valence electrons. The average molecular weight is 399 g/mol. The molecule has 6 heteroatoms. The number of amides is 2. The Morgan fingerprint density at radius 3 is 2.24 bits per heavy atom. The van der Waals surface area contributed by atoms with Gasteiger partial charge in [0.25, 0.3) is 11.8 Å². The number of rotatable bonds is 4. The largest absolute Gasteiger partial charge is 0.444 e. The first-order valence-corrected chi connectivity index (χ1v) is 8.35. The van der Waals surface area contributed by atoms with Crippen molar-refractivity contribution in [1.82, 2.24) is 0 Å². The van der Waals surface area contributed by atoms with Crippen LogP contribution in [0.25, 0.3) is 0 Å². The molecule has 3 rings (SSSR count). The third-order valence-electron chi connectivity index (χ3n) is 3.46. The number of furan rings is 1. The van der Waals surface area contributed by atoms with Crippen LogP contribution in [0.1, 0.15) is 26.5 Å². The van der Waals surface area contributed by atoms with E-state index in [1.807, 2.05) is 31.2 Å². The summed E-state index contributed by atoms with van der Waals surface area (Å²) in [6.07, 6.45) is 0. The second-order valence-electron chi connectivity index (χ2n) is 5.46. The van der Waals surface area contributed by atoms with E-state index in [1.165, 1.54) is 0 Å². The zero-order chi connectivity index (χ0) is 17.8. The minimum Gasteiger partial charge on any atom is -0.444 e. The molecule has 0 aliphatic carbocycles. The number of carbonyl (C=O) groups excluding carboxylic acids is 2. The van der Waals surface area contributed by atoms with Crippen LogP contribution >= 0.6 is 15.9 Å². The molecule has 3 aromatic rings. The summed E-state index contributed by atoms with van der Waals surface area (Å²) in [5.74, 6) is -0.453. The number of carbonyl (C=O) groups is 2. The molecular weight excluding hydrogens is 384 g/mol. The number of anilines is 2. The van der Waals surface area contributed by atoms with Gasteiger partial charge in [0.15, 0.2) is 10.4 Å². The molecule has 0 radical (unpaired) electrons. The Morgan fingerprint density at radius 1 is 0.880 bits per heavy atom. The van der Waals surface area contributed by atoms with Crippen molar-refractivity contribution in [1.29, 1.82) is 0 Å². The number of halogens is 1. The van der Waals surface area contributed by atoms with E-state index in [1.54, 1.807) is 36.4 Å². The molecule has 0 aliphatic heterocycles. The van der Waals surface area contributed by atoms with Crippen LogP contribution in [0, 0.1) is 6.92 Å². The standard InChI is InChI=1S/C19H15BrN2O3/c1-12-4-2-6-14(10-12)21-18(23)13-5-3-7-15(11-13)22-19(24)16-8-9-17(20)25-16/h2-11H,1H3,(H,21,23)(H,22,24). The molecule has 0 fully saturated rings. The van der Waals surface area contributed by atoms with Crippen molar-refractivity contribution < 1.29 is 14.0 Å². The molecule has 0 unspecified atom stereocenters. The highest BCUT2D eigenvalue weighted by Gasteiger charge is 2.12. The van der Waals surface area contributed by atoms with Gasteiger partial charge in [0, 0.05) is 16.9 Å². The van der Waals surface area contributed by atoms with E-state index in [2.05, 4.69) is 26.6 Å². The summed E-state index contributed by atoms with van der Waals surface area (Å²) in [7, 11) is 0. The van der Waals surface area contributed by atoms with Crippen LogP contribution in [0.15, 0.2) is 69.8 Å². The molecule has 0 aliphatic rings. The molecule has 1 heterocycles. The van der Waals surface area contributed by atoms with Crippen LogP contribution in [0.5, 0.6) is 0 Å². The predicted octanol–water partition coefficient (Wildman–Crippen LogP) is 4.86. The summed E-state index contributed by atoms with van der Waals surface area (Å²) in [5.41, 5.74) is 2.73. The van der Waals surface area contributed by atoms with Gasteiger partial charge in [0.05, 0.1) is 0 Å². The zero-order valence-electron chi connectivity index (χ0n) is 13.4. The number of nitrogens with one attached hydrogen (secondary N) is 2. The number of aryl methyl sites for hydroxylation is 1. The van der Waals surface area contributed by atoms with Gasteiger partial charge in [-0.3, -0.25) is 9.59 Å². The SMILES string of the molecule is Cc1cccc(NC(=O)c2cccc(NC(=O)c3ccc(Br)o3)c2)c1. The Bertz CT molecular complexity index is 934. The van der Waals surface area contributed by atoms with Gasteiger partial charge in [0.1, 0.15) is 0 Å². The highest BCUT2D eigenvalue weighted by Crippen LogP contribution is 2.18. The Hall–Kier alpha value is -2.86. The summed E-state index contributed by atoms with van der Waals surface area (Å²) < 4.78 is 5.69. The van der Waals surface area contributed by atoms with Gasteiger partial charge in [-0.15, -0.1) is 0 Å². The molecule has 1 aromatic heterocycles. The lowest BCUT2D eigenvalue weighted by molar-refractivity contribution is 0.0992. The molecule has 0 spiro atoms. The van der Waals surface area contributed by atoms with Crippen LogP contribution in [0.3, 0.4) is 0 Å². The van der Waals surface area contributed by atoms with E-state index in [0.717, 1.165) is 11.3 Å². The fraction of sp³-hybridized carbons (Fsp3) is 0.0526. The predicted molar refractivity (Wildman–Crippen MR) is 99.9 cm³/mol.